The summed E-state index contributed by atoms with van der Waals surface area (Å²) < 4.78 is 4.94. The van der Waals surface area contributed by atoms with E-state index in [1.54, 1.807) is 0 Å². The largest absolute Gasteiger partial charge is 0.468 e. The lowest BCUT2D eigenvalue weighted by Gasteiger charge is -2.24. The SMILES string of the molecule is COC(=O)C(C#N)(Cc1ccc(C)cc1)Cc1ccc(C)cc1. The normalized spacial score (nSPS) is 10.9. The van der Waals surface area contributed by atoms with E-state index < -0.39 is 11.4 Å². The van der Waals surface area contributed by atoms with Gasteiger partial charge in [-0.3, -0.25) is 4.79 Å². The molecule has 0 amide bonds. The van der Waals surface area contributed by atoms with Gasteiger partial charge < -0.3 is 4.74 Å². The minimum absolute atomic E-state index is 0.338. The molecule has 0 saturated carbocycles. The van der Waals surface area contributed by atoms with E-state index in [0.29, 0.717) is 12.8 Å². The highest BCUT2D eigenvalue weighted by molar-refractivity contribution is 5.80. The fraction of sp³-hybridized carbons (Fsp3) is 0.300. The van der Waals surface area contributed by atoms with Gasteiger partial charge in [-0.05, 0) is 25.0 Å². The van der Waals surface area contributed by atoms with Gasteiger partial charge in [0.05, 0.1) is 13.2 Å². The van der Waals surface area contributed by atoms with Gasteiger partial charge in [0.25, 0.3) is 0 Å². The van der Waals surface area contributed by atoms with E-state index in [1.165, 1.54) is 7.11 Å². The molecule has 0 aliphatic heterocycles. The summed E-state index contributed by atoms with van der Waals surface area (Å²) in [6.07, 6.45) is 0.675. The third kappa shape index (κ3) is 3.98. The second-order valence-corrected chi connectivity index (χ2v) is 6.01. The lowest BCUT2D eigenvalue weighted by molar-refractivity contribution is -0.149. The molecule has 0 heterocycles. The van der Waals surface area contributed by atoms with Crippen molar-refractivity contribution in [2.24, 2.45) is 5.41 Å². The van der Waals surface area contributed by atoms with E-state index in [0.717, 1.165) is 22.3 Å². The average molecular weight is 307 g/mol. The molecule has 0 saturated heterocycles. The predicted octanol–water partition coefficient (Wildman–Crippen LogP) is 3.77. The average Bonchev–Trinajstić information content (AvgIpc) is 2.57. The summed E-state index contributed by atoms with van der Waals surface area (Å²) >= 11 is 0. The number of rotatable bonds is 5. The molecule has 0 aromatic heterocycles. The number of hydrogen-bond donors (Lipinski definition) is 0. The van der Waals surface area contributed by atoms with Crippen molar-refractivity contribution in [3.63, 3.8) is 0 Å². The Labute approximate surface area is 137 Å². The van der Waals surface area contributed by atoms with Crippen molar-refractivity contribution < 1.29 is 9.53 Å². The standard InChI is InChI=1S/C20H21NO2/c1-15-4-8-17(9-5-15)12-20(14-21,19(22)23-3)13-18-10-6-16(2)7-11-18/h4-11H,12-13H2,1-3H3. The minimum Gasteiger partial charge on any atom is -0.468 e. The van der Waals surface area contributed by atoms with Crippen LogP contribution in [-0.2, 0) is 22.4 Å². The Bertz CT molecular complexity index is 661. The second kappa shape index (κ2) is 7.11. The molecule has 118 valence electrons. The molecule has 0 aliphatic rings. The molecule has 2 aromatic carbocycles. The summed E-state index contributed by atoms with van der Waals surface area (Å²) in [5.41, 5.74) is 2.99. The Morgan fingerprint density at radius 3 is 1.65 bits per heavy atom. The Balaban J connectivity index is 2.35. The van der Waals surface area contributed by atoms with E-state index in [4.69, 9.17) is 4.74 Å². The van der Waals surface area contributed by atoms with Crippen LogP contribution in [0.1, 0.15) is 22.3 Å². The zero-order valence-corrected chi connectivity index (χ0v) is 13.8. The first-order valence-electron chi connectivity index (χ1n) is 7.60. The molecule has 2 rings (SSSR count). The highest BCUT2D eigenvalue weighted by Crippen LogP contribution is 2.29. The molecule has 3 heteroatoms. The van der Waals surface area contributed by atoms with E-state index in [2.05, 4.69) is 6.07 Å². The van der Waals surface area contributed by atoms with Crippen LogP contribution in [0.15, 0.2) is 48.5 Å². The fourth-order valence-corrected chi connectivity index (χ4v) is 2.64. The van der Waals surface area contributed by atoms with Crippen molar-refractivity contribution in [3.8, 4) is 6.07 Å². The monoisotopic (exact) mass is 307 g/mol. The summed E-state index contributed by atoms with van der Waals surface area (Å²) in [5, 5.41) is 9.76. The van der Waals surface area contributed by atoms with Crippen molar-refractivity contribution >= 4 is 5.97 Å². The smallest absolute Gasteiger partial charge is 0.326 e. The number of aryl methyl sites for hydroxylation is 2. The van der Waals surface area contributed by atoms with Gasteiger partial charge in [0, 0.05) is 12.8 Å². The van der Waals surface area contributed by atoms with E-state index >= 15 is 0 Å². The molecule has 0 N–H and O–H groups in total. The van der Waals surface area contributed by atoms with Gasteiger partial charge in [0.2, 0.25) is 0 Å². The van der Waals surface area contributed by atoms with Gasteiger partial charge in [-0.1, -0.05) is 59.7 Å². The lowest BCUT2D eigenvalue weighted by Crippen LogP contribution is -2.35. The Morgan fingerprint density at radius 1 is 0.957 bits per heavy atom. The summed E-state index contributed by atoms with van der Waals surface area (Å²) in [4.78, 5) is 12.4. The number of hydrogen-bond acceptors (Lipinski definition) is 3. The molecule has 0 aliphatic carbocycles. The first-order valence-corrected chi connectivity index (χ1v) is 7.60. The van der Waals surface area contributed by atoms with Crippen molar-refractivity contribution in [1.29, 1.82) is 5.26 Å². The molecule has 0 spiro atoms. The van der Waals surface area contributed by atoms with Gasteiger partial charge >= 0.3 is 5.97 Å². The van der Waals surface area contributed by atoms with Gasteiger partial charge in [0.1, 0.15) is 0 Å². The van der Waals surface area contributed by atoms with E-state index in [9.17, 15) is 10.1 Å². The molecule has 0 unspecified atom stereocenters. The maximum absolute atomic E-state index is 12.4. The number of carbonyl (C=O) groups is 1. The second-order valence-electron chi connectivity index (χ2n) is 6.01. The van der Waals surface area contributed by atoms with Crippen molar-refractivity contribution in [3.05, 3.63) is 70.8 Å². The minimum atomic E-state index is -1.21. The van der Waals surface area contributed by atoms with Gasteiger partial charge in [-0.15, -0.1) is 0 Å². The van der Waals surface area contributed by atoms with Crippen LogP contribution in [0, 0.1) is 30.6 Å². The third-order valence-electron chi connectivity index (χ3n) is 4.04. The number of methoxy groups -OCH3 is 1. The van der Waals surface area contributed by atoms with Crippen LogP contribution >= 0.6 is 0 Å². The van der Waals surface area contributed by atoms with Gasteiger partial charge in [-0.2, -0.15) is 5.26 Å². The molecule has 0 atom stereocenters. The number of benzene rings is 2. The third-order valence-corrected chi connectivity index (χ3v) is 4.04. The summed E-state index contributed by atoms with van der Waals surface area (Å²) in [6, 6.07) is 18.0. The molecule has 3 nitrogen and oxygen atoms in total. The molecular formula is C20H21NO2. The topological polar surface area (TPSA) is 50.1 Å². The van der Waals surface area contributed by atoms with Crippen LogP contribution in [0.5, 0.6) is 0 Å². The highest BCUT2D eigenvalue weighted by Gasteiger charge is 2.40. The number of ether oxygens (including phenoxy) is 1. The zero-order chi connectivity index (χ0) is 16.9. The molecule has 23 heavy (non-hydrogen) atoms. The van der Waals surface area contributed by atoms with Crippen molar-refractivity contribution in [1.82, 2.24) is 0 Å². The molecule has 0 fully saturated rings. The quantitative estimate of drug-likeness (QED) is 0.790. The fourth-order valence-electron chi connectivity index (χ4n) is 2.64. The number of nitriles is 1. The Kier molecular flexibility index (Phi) is 5.18. The number of nitrogens with zero attached hydrogens (tertiary/aromatic N) is 1. The van der Waals surface area contributed by atoms with Crippen LogP contribution in [0.4, 0.5) is 0 Å². The van der Waals surface area contributed by atoms with E-state index in [-0.39, 0.29) is 0 Å². The van der Waals surface area contributed by atoms with Crippen molar-refractivity contribution in [2.75, 3.05) is 7.11 Å². The van der Waals surface area contributed by atoms with Gasteiger partial charge in [0.15, 0.2) is 5.41 Å². The lowest BCUT2D eigenvalue weighted by atomic mass is 9.77. The molecular weight excluding hydrogens is 286 g/mol. The van der Waals surface area contributed by atoms with Crippen LogP contribution in [-0.4, -0.2) is 13.1 Å². The van der Waals surface area contributed by atoms with Crippen LogP contribution < -0.4 is 0 Å². The molecule has 0 bridgehead atoms. The van der Waals surface area contributed by atoms with E-state index in [1.807, 2.05) is 62.4 Å². The van der Waals surface area contributed by atoms with Crippen LogP contribution in [0.25, 0.3) is 0 Å². The number of carbonyl (C=O) groups excluding carboxylic acids is 1. The maximum atomic E-state index is 12.4. The van der Waals surface area contributed by atoms with Crippen LogP contribution in [0.2, 0.25) is 0 Å². The maximum Gasteiger partial charge on any atom is 0.326 e. The van der Waals surface area contributed by atoms with Gasteiger partial charge in [-0.25, -0.2) is 0 Å². The summed E-state index contributed by atoms with van der Waals surface area (Å²) in [7, 11) is 1.33. The molecule has 2 aromatic rings. The summed E-state index contributed by atoms with van der Waals surface area (Å²) in [6.45, 7) is 4.02. The number of esters is 1. The zero-order valence-electron chi connectivity index (χ0n) is 13.8. The highest BCUT2D eigenvalue weighted by atomic mass is 16.5. The van der Waals surface area contributed by atoms with Crippen LogP contribution in [0.3, 0.4) is 0 Å². The Hall–Kier alpha value is -2.60. The first-order chi connectivity index (χ1) is 11.0. The Morgan fingerprint density at radius 2 is 1.35 bits per heavy atom. The van der Waals surface area contributed by atoms with Crippen molar-refractivity contribution in [2.45, 2.75) is 26.7 Å². The molecule has 0 radical (unpaired) electrons. The predicted molar refractivity (Wildman–Crippen MR) is 89.8 cm³/mol. The first kappa shape index (κ1) is 16.8. The summed E-state index contributed by atoms with van der Waals surface area (Å²) in [5.74, 6) is -0.485.